The van der Waals surface area contributed by atoms with Crippen LogP contribution in [0.3, 0.4) is 0 Å². The summed E-state index contributed by atoms with van der Waals surface area (Å²) < 4.78 is 5.65. The Morgan fingerprint density at radius 1 is 1.08 bits per heavy atom. The van der Waals surface area contributed by atoms with E-state index in [0.717, 1.165) is 17.7 Å². The van der Waals surface area contributed by atoms with Gasteiger partial charge in [-0.2, -0.15) is 0 Å². The normalized spacial score (nSPS) is 13.5. The van der Waals surface area contributed by atoms with Crippen molar-refractivity contribution in [2.45, 2.75) is 39.3 Å². The monoisotopic (exact) mass is 326 g/mol. The standard InChI is InChI=1S/C20H26N2O2/c1-15(2)12-14-24-16(3)20(23)22-19(17-9-5-4-6-10-17)18-11-7-8-13-21-18/h4-11,13,15-16,19H,12,14H2,1-3H3,(H,22,23)/t16-,19-/m0/s1. The van der Waals surface area contributed by atoms with Crippen molar-refractivity contribution in [1.29, 1.82) is 0 Å². The third kappa shape index (κ3) is 5.46. The van der Waals surface area contributed by atoms with E-state index in [1.54, 1.807) is 13.1 Å². The van der Waals surface area contributed by atoms with Gasteiger partial charge in [0.05, 0.1) is 11.7 Å². The Morgan fingerprint density at radius 2 is 1.79 bits per heavy atom. The van der Waals surface area contributed by atoms with Gasteiger partial charge in [0.2, 0.25) is 5.91 Å². The van der Waals surface area contributed by atoms with Crippen LogP contribution in [0, 0.1) is 5.92 Å². The average Bonchev–Trinajstić information content (AvgIpc) is 2.60. The van der Waals surface area contributed by atoms with Crippen LogP contribution in [-0.4, -0.2) is 23.6 Å². The van der Waals surface area contributed by atoms with E-state index in [2.05, 4.69) is 24.1 Å². The van der Waals surface area contributed by atoms with Gasteiger partial charge in [-0.25, -0.2) is 0 Å². The summed E-state index contributed by atoms with van der Waals surface area (Å²) in [4.78, 5) is 16.9. The van der Waals surface area contributed by atoms with Crippen LogP contribution in [0.2, 0.25) is 0 Å². The number of ether oxygens (including phenoxy) is 1. The fraction of sp³-hybridized carbons (Fsp3) is 0.400. The van der Waals surface area contributed by atoms with E-state index in [9.17, 15) is 4.79 Å². The number of hydrogen-bond donors (Lipinski definition) is 1. The molecule has 1 aromatic heterocycles. The maximum Gasteiger partial charge on any atom is 0.249 e. The molecule has 1 heterocycles. The molecule has 0 fully saturated rings. The van der Waals surface area contributed by atoms with Crippen LogP contribution in [0.4, 0.5) is 0 Å². The highest BCUT2D eigenvalue weighted by Gasteiger charge is 2.21. The molecule has 2 atom stereocenters. The van der Waals surface area contributed by atoms with Crippen molar-refractivity contribution in [3.8, 4) is 0 Å². The lowest BCUT2D eigenvalue weighted by atomic mass is 10.0. The molecule has 2 rings (SSSR count). The Morgan fingerprint density at radius 3 is 2.42 bits per heavy atom. The molecule has 24 heavy (non-hydrogen) atoms. The van der Waals surface area contributed by atoms with Crippen LogP contribution in [0.1, 0.15) is 44.5 Å². The maximum atomic E-state index is 12.5. The Hall–Kier alpha value is -2.20. The molecule has 4 heteroatoms. The summed E-state index contributed by atoms with van der Waals surface area (Å²) in [6.45, 7) is 6.66. The number of carbonyl (C=O) groups is 1. The average molecular weight is 326 g/mol. The number of carbonyl (C=O) groups excluding carboxylic acids is 1. The first-order chi connectivity index (χ1) is 11.6. The highest BCUT2D eigenvalue weighted by atomic mass is 16.5. The van der Waals surface area contributed by atoms with Crippen molar-refractivity contribution in [2.75, 3.05) is 6.61 Å². The molecule has 0 saturated heterocycles. The van der Waals surface area contributed by atoms with Gasteiger partial charge >= 0.3 is 0 Å². The third-order valence-electron chi connectivity index (χ3n) is 3.84. The second-order valence-electron chi connectivity index (χ2n) is 6.30. The number of benzene rings is 1. The molecule has 0 aliphatic rings. The largest absolute Gasteiger partial charge is 0.369 e. The minimum atomic E-state index is -0.487. The van der Waals surface area contributed by atoms with Crippen molar-refractivity contribution in [2.24, 2.45) is 5.92 Å². The zero-order valence-corrected chi connectivity index (χ0v) is 14.6. The molecule has 0 saturated carbocycles. The fourth-order valence-electron chi connectivity index (χ4n) is 2.34. The van der Waals surface area contributed by atoms with Crippen molar-refractivity contribution >= 4 is 5.91 Å². The predicted octanol–water partition coefficient (Wildman–Crippen LogP) is 3.74. The Labute approximate surface area is 144 Å². The van der Waals surface area contributed by atoms with E-state index in [1.807, 2.05) is 48.5 Å². The van der Waals surface area contributed by atoms with Gasteiger partial charge in [0.15, 0.2) is 0 Å². The summed E-state index contributed by atoms with van der Waals surface area (Å²) >= 11 is 0. The van der Waals surface area contributed by atoms with E-state index in [1.165, 1.54) is 0 Å². The van der Waals surface area contributed by atoms with E-state index < -0.39 is 6.10 Å². The van der Waals surface area contributed by atoms with Crippen LogP contribution >= 0.6 is 0 Å². The third-order valence-corrected chi connectivity index (χ3v) is 3.84. The lowest BCUT2D eigenvalue weighted by Gasteiger charge is -2.21. The molecule has 2 aromatic rings. The van der Waals surface area contributed by atoms with E-state index in [0.29, 0.717) is 12.5 Å². The topological polar surface area (TPSA) is 51.2 Å². The van der Waals surface area contributed by atoms with Crippen LogP contribution < -0.4 is 5.32 Å². The van der Waals surface area contributed by atoms with E-state index in [-0.39, 0.29) is 11.9 Å². The number of amides is 1. The van der Waals surface area contributed by atoms with Crippen LogP contribution in [0.5, 0.6) is 0 Å². The van der Waals surface area contributed by atoms with Gasteiger partial charge < -0.3 is 10.1 Å². The number of hydrogen-bond acceptors (Lipinski definition) is 3. The molecule has 1 N–H and O–H groups in total. The second-order valence-corrected chi connectivity index (χ2v) is 6.30. The van der Waals surface area contributed by atoms with E-state index in [4.69, 9.17) is 4.74 Å². The summed E-state index contributed by atoms with van der Waals surface area (Å²) in [6.07, 6.45) is 2.19. The number of aromatic nitrogens is 1. The quantitative estimate of drug-likeness (QED) is 0.804. The molecule has 1 amide bonds. The first-order valence-corrected chi connectivity index (χ1v) is 8.45. The van der Waals surface area contributed by atoms with Gasteiger partial charge in [-0.15, -0.1) is 0 Å². The van der Waals surface area contributed by atoms with Crippen molar-refractivity contribution in [3.05, 3.63) is 66.0 Å². The van der Waals surface area contributed by atoms with Crippen molar-refractivity contribution < 1.29 is 9.53 Å². The van der Waals surface area contributed by atoms with E-state index >= 15 is 0 Å². The number of nitrogens with one attached hydrogen (secondary N) is 1. The molecular formula is C20H26N2O2. The second kappa shape index (κ2) is 9.18. The van der Waals surface area contributed by atoms with Crippen molar-refractivity contribution in [1.82, 2.24) is 10.3 Å². The predicted molar refractivity (Wildman–Crippen MR) is 95.5 cm³/mol. The maximum absolute atomic E-state index is 12.5. The van der Waals surface area contributed by atoms with Gasteiger partial charge in [-0.3, -0.25) is 9.78 Å². The van der Waals surface area contributed by atoms with Gasteiger partial charge in [-0.05, 0) is 37.0 Å². The SMILES string of the molecule is CC(C)CCO[C@@H](C)C(=O)N[C@@H](c1ccccc1)c1ccccn1. The van der Waals surface area contributed by atoms with Gasteiger partial charge in [0.1, 0.15) is 6.10 Å². The lowest BCUT2D eigenvalue weighted by molar-refractivity contribution is -0.132. The first kappa shape index (κ1) is 18.1. The van der Waals surface area contributed by atoms with Gasteiger partial charge in [-0.1, -0.05) is 50.2 Å². The minimum Gasteiger partial charge on any atom is -0.369 e. The highest BCUT2D eigenvalue weighted by Crippen LogP contribution is 2.20. The van der Waals surface area contributed by atoms with Crippen LogP contribution in [-0.2, 0) is 9.53 Å². The summed E-state index contributed by atoms with van der Waals surface area (Å²) in [6, 6.07) is 15.3. The zero-order chi connectivity index (χ0) is 17.4. The number of nitrogens with zero attached hydrogens (tertiary/aromatic N) is 1. The molecule has 0 unspecified atom stereocenters. The zero-order valence-electron chi connectivity index (χ0n) is 14.6. The molecule has 4 nitrogen and oxygen atoms in total. The summed E-state index contributed by atoms with van der Waals surface area (Å²) in [5.41, 5.74) is 1.81. The molecule has 0 spiro atoms. The van der Waals surface area contributed by atoms with Crippen molar-refractivity contribution in [3.63, 3.8) is 0 Å². The first-order valence-electron chi connectivity index (χ1n) is 8.45. The lowest BCUT2D eigenvalue weighted by Crippen LogP contribution is -2.38. The summed E-state index contributed by atoms with van der Waals surface area (Å²) in [5, 5.41) is 3.06. The number of pyridine rings is 1. The Kier molecular flexibility index (Phi) is 6.94. The Bertz CT molecular complexity index is 575. The molecule has 1 aromatic carbocycles. The highest BCUT2D eigenvalue weighted by molar-refractivity contribution is 5.81. The molecule has 0 aliphatic carbocycles. The number of rotatable bonds is 8. The smallest absolute Gasteiger partial charge is 0.249 e. The van der Waals surface area contributed by atoms with Gasteiger partial charge in [0, 0.05) is 12.8 Å². The molecule has 0 bridgehead atoms. The molecule has 0 radical (unpaired) electrons. The minimum absolute atomic E-state index is 0.127. The Balaban J connectivity index is 2.07. The van der Waals surface area contributed by atoms with Gasteiger partial charge in [0.25, 0.3) is 0 Å². The fourth-order valence-corrected chi connectivity index (χ4v) is 2.34. The molecule has 128 valence electrons. The molecule has 0 aliphatic heterocycles. The van der Waals surface area contributed by atoms with Crippen LogP contribution in [0.25, 0.3) is 0 Å². The van der Waals surface area contributed by atoms with Crippen LogP contribution in [0.15, 0.2) is 54.7 Å². The summed E-state index contributed by atoms with van der Waals surface area (Å²) in [5.74, 6) is 0.434. The summed E-state index contributed by atoms with van der Waals surface area (Å²) in [7, 11) is 0. The molecular weight excluding hydrogens is 300 g/mol.